The average Bonchev–Trinajstić information content (AvgIpc) is 2.14. The third kappa shape index (κ3) is 9.63. The van der Waals surface area contributed by atoms with E-state index in [0.29, 0.717) is 25.6 Å². The molecule has 0 amide bonds. The molecule has 0 aromatic rings. The minimum absolute atomic E-state index is 0.0509. The minimum atomic E-state index is -1.09. The highest BCUT2D eigenvalue weighted by Crippen LogP contribution is 1.89. The first kappa shape index (κ1) is 13.5. The number of carboxylic acids is 1. The molecule has 0 fully saturated rings. The van der Waals surface area contributed by atoms with Crippen LogP contribution in [0, 0.1) is 0 Å². The van der Waals surface area contributed by atoms with Crippen LogP contribution in [0.5, 0.6) is 0 Å². The monoisotopic (exact) mass is 224 g/mol. The van der Waals surface area contributed by atoms with Crippen molar-refractivity contribution in [3.05, 3.63) is 0 Å². The molecule has 1 atom stereocenters. The van der Waals surface area contributed by atoms with Gasteiger partial charge in [0.25, 0.3) is 0 Å². The standard InChI is InChI=1S/C8H16O5S/c1-12-3-4-13-5-7-14(11)6-2-8(9)10/h2-7H2,1H3,(H,9,10). The lowest BCUT2D eigenvalue weighted by Gasteiger charge is -2.02. The van der Waals surface area contributed by atoms with Crippen LogP contribution in [0.25, 0.3) is 0 Å². The minimum Gasteiger partial charge on any atom is -0.481 e. The summed E-state index contributed by atoms with van der Waals surface area (Å²) in [5.74, 6) is -0.335. The van der Waals surface area contributed by atoms with Crippen LogP contribution in [-0.2, 0) is 25.1 Å². The average molecular weight is 224 g/mol. The summed E-state index contributed by atoms with van der Waals surface area (Å²) in [4.78, 5) is 10.1. The van der Waals surface area contributed by atoms with Crippen LogP contribution in [0.15, 0.2) is 0 Å². The van der Waals surface area contributed by atoms with Gasteiger partial charge < -0.3 is 14.6 Å². The van der Waals surface area contributed by atoms with Gasteiger partial charge in [-0.05, 0) is 0 Å². The topological polar surface area (TPSA) is 72.8 Å². The molecular formula is C8H16O5S. The van der Waals surface area contributed by atoms with Crippen LogP contribution in [0.4, 0.5) is 0 Å². The van der Waals surface area contributed by atoms with E-state index in [1.807, 2.05) is 0 Å². The van der Waals surface area contributed by atoms with Crippen molar-refractivity contribution < 1.29 is 23.6 Å². The first-order chi connectivity index (χ1) is 6.66. The molecule has 0 spiro atoms. The first-order valence-corrected chi connectivity index (χ1v) is 5.79. The van der Waals surface area contributed by atoms with E-state index in [1.54, 1.807) is 7.11 Å². The van der Waals surface area contributed by atoms with Crippen molar-refractivity contribution in [1.29, 1.82) is 0 Å². The third-order valence-electron chi connectivity index (χ3n) is 1.43. The first-order valence-electron chi connectivity index (χ1n) is 4.30. The van der Waals surface area contributed by atoms with Gasteiger partial charge in [-0.15, -0.1) is 0 Å². The Bertz CT molecular complexity index is 183. The molecule has 1 N–H and O–H groups in total. The molecule has 0 saturated heterocycles. The van der Waals surface area contributed by atoms with E-state index < -0.39 is 16.8 Å². The van der Waals surface area contributed by atoms with Gasteiger partial charge in [-0.3, -0.25) is 9.00 Å². The van der Waals surface area contributed by atoms with Crippen molar-refractivity contribution in [3.63, 3.8) is 0 Å². The molecule has 5 nitrogen and oxygen atoms in total. The Hall–Kier alpha value is -0.460. The van der Waals surface area contributed by atoms with E-state index in [0.717, 1.165) is 0 Å². The van der Waals surface area contributed by atoms with Crippen LogP contribution in [-0.4, -0.2) is 53.7 Å². The van der Waals surface area contributed by atoms with E-state index in [-0.39, 0.29) is 12.2 Å². The SMILES string of the molecule is COCCOCCS(=O)CCC(=O)O. The highest BCUT2D eigenvalue weighted by atomic mass is 32.2. The van der Waals surface area contributed by atoms with E-state index in [9.17, 15) is 9.00 Å². The maximum Gasteiger partial charge on any atom is 0.304 e. The normalized spacial score (nSPS) is 12.6. The molecule has 0 aliphatic rings. The number of carboxylic acid groups (broad SMARTS) is 1. The lowest BCUT2D eigenvalue weighted by atomic mass is 10.5. The quantitative estimate of drug-likeness (QED) is 0.552. The van der Waals surface area contributed by atoms with Crippen LogP contribution < -0.4 is 0 Å². The summed E-state index contributed by atoms with van der Waals surface area (Å²) in [6.07, 6.45) is -0.0509. The van der Waals surface area contributed by atoms with Crippen LogP contribution in [0.2, 0.25) is 0 Å². The number of aliphatic carboxylic acids is 1. The van der Waals surface area contributed by atoms with E-state index in [2.05, 4.69) is 0 Å². The Morgan fingerprint density at radius 1 is 1.29 bits per heavy atom. The zero-order chi connectivity index (χ0) is 10.8. The van der Waals surface area contributed by atoms with Gasteiger partial charge in [-0.1, -0.05) is 0 Å². The smallest absolute Gasteiger partial charge is 0.304 e. The highest BCUT2D eigenvalue weighted by molar-refractivity contribution is 7.85. The Morgan fingerprint density at radius 3 is 2.57 bits per heavy atom. The van der Waals surface area contributed by atoms with Gasteiger partial charge in [0.1, 0.15) is 0 Å². The van der Waals surface area contributed by atoms with Gasteiger partial charge in [0, 0.05) is 29.4 Å². The summed E-state index contributed by atoms with van der Waals surface area (Å²) >= 11 is 0. The molecule has 0 aromatic heterocycles. The van der Waals surface area contributed by atoms with Gasteiger partial charge in [0.15, 0.2) is 0 Å². The number of ether oxygens (including phenoxy) is 2. The Kier molecular flexibility index (Phi) is 8.81. The Morgan fingerprint density at radius 2 is 2.00 bits per heavy atom. The molecule has 0 bridgehead atoms. The molecule has 0 aliphatic heterocycles. The third-order valence-corrected chi connectivity index (χ3v) is 2.71. The van der Waals surface area contributed by atoms with Gasteiger partial charge in [-0.2, -0.15) is 0 Å². The van der Waals surface area contributed by atoms with Crippen molar-refractivity contribution >= 4 is 16.8 Å². The van der Waals surface area contributed by atoms with E-state index in [4.69, 9.17) is 14.6 Å². The molecule has 0 aromatic carbocycles. The van der Waals surface area contributed by atoms with Crippen LogP contribution in [0.1, 0.15) is 6.42 Å². The highest BCUT2D eigenvalue weighted by Gasteiger charge is 2.03. The largest absolute Gasteiger partial charge is 0.481 e. The summed E-state index contributed by atoms with van der Waals surface area (Å²) in [6.45, 7) is 1.38. The number of hydrogen-bond donors (Lipinski definition) is 1. The Labute approximate surface area is 85.9 Å². The number of hydrogen-bond acceptors (Lipinski definition) is 4. The molecule has 0 rings (SSSR count). The van der Waals surface area contributed by atoms with Crippen LogP contribution >= 0.6 is 0 Å². The second-order valence-corrected chi connectivity index (χ2v) is 4.29. The second kappa shape index (κ2) is 9.11. The molecular weight excluding hydrogens is 208 g/mol. The Balaban J connectivity index is 3.22. The summed E-state index contributed by atoms with van der Waals surface area (Å²) in [5.41, 5.74) is 0. The molecule has 0 radical (unpaired) electrons. The molecule has 14 heavy (non-hydrogen) atoms. The number of rotatable bonds is 9. The molecule has 0 aliphatic carbocycles. The summed E-state index contributed by atoms with van der Waals surface area (Å²) < 4.78 is 21.0. The van der Waals surface area contributed by atoms with Crippen molar-refractivity contribution in [2.75, 3.05) is 38.4 Å². The predicted octanol–water partition coefficient (Wildman–Crippen LogP) is -0.127. The van der Waals surface area contributed by atoms with E-state index >= 15 is 0 Å². The fourth-order valence-corrected chi connectivity index (χ4v) is 1.61. The maximum absolute atomic E-state index is 11.1. The van der Waals surface area contributed by atoms with Crippen molar-refractivity contribution in [2.24, 2.45) is 0 Å². The second-order valence-electron chi connectivity index (χ2n) is 2.60. The fraction of sp³-hybridized carbons (Fsp3) is 0.875. The zero-order valence-corrected chi connectivity index (χ0v) is 9.05. The summed E-state index contributed by atoms with van der Waals surface area (Å²) in [5, 5.41) is 8.32. The molecule has 6 heteroatoms. The maximum atomic E-state index is 11.1. The van der Waals surface area contributed by atoms with Gasteiger partial charge in [0.05, 0.1) is 26.2 Å². The summed E-state index contributed by atoms with van der Waals surface area (Å²) in [6, 6.07) is 0. The summed E-state index contributed by atoms with van der Waals surface area (Å²) in [7, 11) is 0.485. The van der Waals surface area contributed by atoms with E-state index in [1.165, 1.54) is 0 Å². The van der Waals surface area contributed by atoms with Gasteiger partial charge >= 0.3 is 5.97 Å². The van der Waals surface area contributed by atoms with Crippen molar-refractivity contribution in [3.8, 4) is 0 Å². The van der Waals surface area contributed by atoms with Gasteiger partial charge in [0.2, 0.25) is 0 Å². The van der Waals surface area contributed by atoms with Crippen molar-refractivity contribution in [2.45, 2.75) is 6.42 Å². The lowest BCUT2D eigenvalue weighted by Crippen LogP contribution is -2.13. The number of carbonyl (C=O) groups is 1. The fourth-order valence-electron chi connectivity index (χ4n) is 0.699. The molecule has 1 unspecified atom stereocenters. The number of methoxy groups -OCH3 is 1. The van der Waals surface area contributed by atoms with Crippen LogP contribution in [0.3, 0.4) is 0 Å². The molecule has 0 heterocycles. The molecule has 0 saturated carbocycles. The van der Waals surface area contributed by atoms with Crippen molar-refractivity contribution in [1.82, 2.24) is 0 Å². The van der Waals surface area contributed by atoms with Gasteiger partial charge in [-0.25, -0.2) is 0 Å². The predicted molar refractivity (Wildman–Crippen MR) is 52.8 cm³/mol. The lowest BCUT2D eigenvalue weighted by molar-refractivity contribution is -0.136. The molecule has 84 valence electrons. The zero-order valence-electron chi connectivity index (χ0n) is 8.23.